The van der Waals surface area contributed by atoms with E-state index in [1.807, 2.05) is 0 Å². The van der Waals surface area contributed by atoms with Gasteiger partial charge in [-0.15, -0.1) is 0 Å². The molecule has 33 heavy (non-hydrogen) atoms. The summed E-state index contributed by atoms with van der Waals surface area (Å²) in [5, 5.41) is 10.7. The number of ether oxygens (including phenoxy) is 5. The Kier molecular flexibility index (Phi) is 4.70. The lowest BCUT2D eigenvalue weighted by Crippen LogP contribution is -2.70. The molecule has 3 aliphatic carbocycles. The molecule has 0 radical (unpaired) electrons. The number of aliphatic hydroxyl groups excluding tert-OH is 1. The van der Waals surface area contributed by atoms with Gasteiger partial charge in [-0.1, -0.05) is 6.92 Å². The number of carbonyl (C=O) groups is 1. The Labute approximate surface area is 190 Å². The van der Waals surface area contributed by atoms with Crippen LogP contribution in [-0.4, -0.2) is 83.1 Å². The fraction of sp³-hybridized carbons (Fsp3) is 0.857. The Hall–Kier alpha value is -0.880. The van der Waals surface area contributed by atoms with Gasteiger partial charge < -0.3 is 38.6 Å². The maximum Gasteiger partial charge on any atom is 0.471 e. The lowest BCUT2D eigenvalue weighted by Gasteiger charge is -2.55. The number of rotatable bonds is 6. The molecule has 2 saturated heterocycles. The molecule has 10 unspecified atom stereocenters. The summed E-state index contributed by atoms with van der Waals surface area (Å²) in [7, 11) is -3.20. The highest BCUT2D eigenvalue weighted by atomic mass is 31.2. The molecule has 10 atom stereocenters. The Bertz CT molecular complexity index is 975. The van der Waals surface area contributed by atoms with Gasteiger partial charge in [-0.2, -0.15) is 0 Å². The number of hydrogen-bond acceptors (Lipinski definition) is 9. The summed E-state index contributed by atoms with van der Waals surface area (Å²) in [5.41, 5.74) is -0.293. The number of aliphatic hydroxyl groups is 1. The van der Waals surface area contributed by atoms with Crippen molar-refractivity contribution < 1.29 is 52.5 Å². The Balaban J connectivity index is 1.41. The van der Waals surface area contributed by atoms with Crippen molar-refractivity contribution in [1.82, 2.24) is 0 Å². The third-order valence-electron chi connectivity index (χ3n) is 9.12. The molecular formula is C21H29O11P. The van der Waals surface area contributed by atoms with Crippen LogP contribution in [0.1, 0.15) is 33.1 Å². The van der Waals surface area contributed by atoms with Gasteiger partial charge >= 0.3 is 13.8 Å². The van der Waals surface area contributed by atoms with Crippen molar-refractivity contribution in [2.24, 2.45) is 17.3 Å². The monoisotopic (exact) mass is 488 g/mol. The van der Waals surface area contributed by atoms with E-state index in [1.54, 1.807) is 14.0 Å². The van der Waals surface area contributed by atoms with Gasteiger partial charge in [0.1, 0.15) is 24.4 Å². The molecular weight excluding hydrogens is 459 g/mol. The standard InChI is InChI=1S/C21H29O11P/c1-9(22)14-15(27-3)17-21(32-17)19(2)5-4-10-11(7-28-18(10)23)12(19)6-13-20(21,31-13)16(14)29-8-30-33(24,25)26/h9,12-17,22H,4-8H2,1-3H3,(H2,24,25,26). The van der Waals surface area contributed by atoms with Crippen molar-refractivity contribution in [2.75, 3.05) is 20.5 Å². The van der Waals surface area contributed by atoms with E-state index < -0.39 is 55.5 Å². The molecule has 0 aromatic carbocycles. The van der Waals surface area contributed by atoms with Gasteiger partial charge in [-0.3, -0.25) is 4.52 Å². The van der Waals surface area contributed by atoms with Gasteiger partial charge in [0.05, 0.1) is 18.3 Å². The average Bonchev–Trinajstić information content (AvgIpc) is 3.61. The first kappa shape index (κ1) is 22.6. The number of fused-ring (bicyclic) bond motifs is 2. The minimum atomic E-state index is -4.75. The molecule has 4 fully saturated rings. The minimum absolute atomic E-state index is 0.0333. The molecule has 3 heterocycles. The van der Waals surface area contributed by atoms with Crippen LogP contribution in [0.25, 0.3) is 0 Å². The molecule has 2 saturated carbocycles. The van der Waals surface area contributed by atoms with Crippen LogP contribution < -0.4 is 0 Å². The molecule has 3 aliphatic heterocycles. The van der Waals surface area contributed by atoms with E-state index in [0.717, 1.165) is 11.1 Å². The largest absolute Gasteiger partial charge is 0.471 e. The second kappa shape index (κ2) is 6.87. The van der Waals surface area contributed by atoms with Gasteiger partial charge in [0.15, 0.2) is 12.4 Å². The third-order valence-corrected chi connectivity index (χ3v) is 9.56. The molecule has 184 valence electrons. The quantitative estimate of drug-likeness (QED) is 0.206. The Morgan fingerprint density at radius 1 is 1.30 bits per heavy atom. The predicted octanol–water partition coefficient (Wildman–Crippen LogP) is 0.413. The van der Waals surface area contributed by atoms with E-state index in [4.69, 9.17) is 33.5 Å². The molecule has 0 aromatic rings. The molecule has 12 heteroatoms. The minimum Gasteiger partial charge on any atom is -0.458 e. The number of carbonyl (C=O) groups excluding carboxylic acids is 1. The van der Waals surface area contributed by atoms with Crippen molar-refractivity contribution in [3.8, 4) is 0 Å². The van der Waals surface area contributed by atoms with Crippen LogP contribution in [-0.2, 0) is 37.6 Å². The van der Waals surface area contributed by atoms with E-state index in [9.17, 15) is 14.5 Å². The van der Waals surface area contributed by atoms with Crippen molar-refractivity contribution in [3.63, 3.8) is 0 Å². The summed E-state index contributed by atoms with van der Waals surface area (Å²) < 4.78 is 45.9. The van der Waals surface area contributed by atoms with E-state index in [-0.39, 0.29) is 30.7 Å². The first-order valence-electron chi connectivity index (χ1n) is 11.3. The molecule has 11 nitrogen and oxygen atoms in total. The molecule has 0 bridgehead atoms. The van der Waals surface area contributed by atoms with E-state index >= 15 is 0 Å². The van der Waals surface area contributed by atoms with Gasteiger partial charge in [-0.25, -0.2) is 9.36 Å². The molecule has 6 aliphatic rings. The number of cyclic esters (lactones) is 1. The first-order valence-corrected chi connectivity index (χ1v) is 12.8. The van der Waals surface area contributed by atoms with E-state index in [2.05, 4.69) is 11.4 Å². The maximum atomic E-state index is 12.2. The zero-order valence-electron chi connectivity index (χ0n) is 18.6. The number of methoxy groups -OCH3 is 1. The highest BCUT2D eigenvalue weighted by Gasteiger charge is 2.95. The lowest BCUT2D eigenvalue weighted by atomic mass is 9.46. The fourth-order valence-corrected chi connectivity index (χ4v) is 8.00. The average molecular weight is 488 g/mol. The smallest absolute Gasteiger partial charge is 0.458 e. The first-order chi connectivity index (χ1) is 15.5. The normalized spacial score (nSPS) is 50.4. The van der Waals surface area contributed by atoms with Crippen LogP contribution in [0.3, 0.4) is 0 Å². The van der Waals surface area contributed by atoms with Crippen molar-refractivity contribution in [3.05, 3.63) is 11.1 Å². The molecule has 6 rings (SSSR count). The van der Waals surface area contributed by atoms with Gasteiger partial charge in [-0.05, 0) is 37.7 Å². The SMILES string of the molecule is COC1C(C(C)O)C(OCOP(=O)(O)O)C23OC2CC2C4=C(CCC2(C)C32OC12)C(=O)OC4. The van der Waals surface area contributed by atoms with Crippen LogP contribution in [0.15, 0.2) is 11.1 Å². The number of epoxide rings is 2. The Morgan fingerprint density at radius 2 is 2.06 bits per heavy atom. The van der Waals surface area contributed by atoms with Gasteiger partial charge in [0, 0.05) is 24.0 Å². The zero-order chi connectivity index (χ0) is 23.6. The summed E-state index contributed by atoms with van der Waals surface area (Å²) in [4.78, 5) is 30.5. The second-order valence-electron chi connectivity index (χ2n) is 10.3. The van der Waals surface area contributed by atoms with Gasteiger partial charge in [0.25, 0.3) is 0 Å². The highest BCUT2D eigenvalue weighted by molar-refractivity contribution is 7.46. The number of esters is 1. The van der Waals surface area contributed by atoms with Gasteiger partial charge in [0.2, 0.25) is 0 Å². The summed E-state index contributed by atoms with van der Waals surface area (Å²) >= 11 is 0. The molecule has 2 spiro atoms. The highest BCUT2D eigenvalue weighted by Crippen LogP contribution is 2.79. The van der Waals surface area contributed by atoms with Crippen LogP contribution in [0.2, 0.25) is 0 Å². The summed E-state index contributed by atoms with van der Waals surface area (Å²) in [6.45, 7) is 3.41. The van der Waals surface area contributed by atoms with Crippen LogP contribution in [0, 0.1) is 17.3 Å². The van der Waals surface area contributed by atoms with Crippen molar-refractivity contribution in [2.45, 2.75) is 74.8 Å². The molecule has 0 amide bonds. The summed E-state index contributed by atoms with van der Waals surface area (Å²) in [5.74, 6) is -0.767. The summed E-state index contributed by atoms with van der Waals surface area (Å²) in [6.07, 6.45) is -0.827. The topological polar surface area (TPSA) is 157 Å². The van der Waals surface area contributed by atoms with Crippen molar-refractivity contribution in [1.29, 1.82) is 0 Å². The number of hydrogen-bond donors (Lipinski definition) is 3. The maximum absolute atomic E-state index is 12.2. The van der Waals surface area contributed by atoms with E-state index in [1.165, 1.54) is 0 Å². The molecule has 3 N–H and O–H groups in total. The van der Waals surface area contributed by atoms with Crippen LogP contribution in [0.5, 0.6) is 0 Å². The zero-order valence-corrected chi connectivity index (χ0v) is 19.5. The van der Waals surface area contributed by atoms with E-state index in [0.29, 0.717) is 19.3 Å². The third kappa shape index (κ3) is 2.69. The lowest BCUT2D eigenvalue weighted by molar-refractivity contribution is -0.188. The summed E-state index contributed by atoms with van der Waals surface area (Å²) in [6, 6.07) is 0. The Morgan fingerprint density at radius 3 is 2.73 bits per heavy atom. The fourth-order valence-electron chi connectivity index (χ4n) is 7.80. The number of phosphoric acid groups is 1. The van der Waals surface area contributed by atoms with Crippen molar-refractivity contribution >= 4 is 13.8 Å². The van der Waals surface area contributed by atoms with Crippen LogP contribution >= 0.6 is 7.82 Å². The van der Waals surface area contributed by atoms with Crippen LogP contribution in [0.4, 0.5) is 0 Å². The second-order valence-corrected chi connectivity index (χ2v) is 11.5. The molecule has 0 aromatic heterocycles. The predicted molar refractivity (Wildman–Crippen MR) is 107 cm³/mol. The number of phosphoric ester groups is 1.